The van der Waals surface area contributed by atoms with E-state index >= 15 is 0 Å². The van der Waals surface area contributed by atoms with Crippen LogP contribution in [0.25, 0.3) is 10.8 Å². The van der Waals surface area contributed by atoms with Crippen LogP contribution >= 0.6 is 11.6 Å². The first kappa shape index (κ1) is 26.7. The summed E-state index contributed by atoms with van der Waals surface area (Å²) < 4.78 is 5.96. The molecule has 0 atom stereocenters. The molecule has 4 aromatic rings. The third-order valence-electron chi connectivity index (χ3n) is 6.08. The predicted octanol–water partition coefficient (Wildman–Crippen LogP) is 5.70. The maximum atomic E-state index is 12.9. The van der Waals surface area contributed by atoms with Gasteiger partial charge in [-0.15, -0.1) is 0 Å². The Labute approximate surface area is 226 Å². The number of hydrogen-bond donors (Lipinski definition) is 2. The average Bonchev–Trinajstić information content (AvgIpc) is 2.93. The number of phenols is 1. The van der Waals surface area contributed by atoms with Gasteiger partial charge in [-0.05, 0) is 55.1 Å². The first-order valence-corrected chi connectivity index (χ1v) is 12.5. The number of halogens is 1. The predicted molar refractivity (Wildman–Crippen MR) is 150 cm³/mol. The molecule has 0 saturated heterocycles. The highest BCUT2D eigenvalue weighted by Crippen LogP contribution is 2.28. The molecule has 0 heterocycles. The summed E-state index contributed by atoms with van der Waals surface area (Å²) in [5, 5.41) is 15.4. The number of ether oxygens (including phenoxy) is 1. The van der Waals surface area contributed by atoms with Gasteiger partial charge in [0.15, 0.2) is 6.61 Å². The highest BCUT2D eigenvalue weighted by atomic mass is 35.5. The number of nitrogens with zero attached hydrogens (tertiary/aromatic N) is 2. The molecule has 0 unspecified atom stereocenters. The fraction of sp³-hybridized carbons (Fsp3) is 0.167. The lowest BCUT2D eigenvalue weighted by Gasteiger charge is -2.21. The van der Waals surface area contributed by atoms with Gasteiger partial charge in [-0.25, -0.2) is 5.43 Å². The topological polar surface area (TPSA) is 91.2 Å². The standard InChI is InChI=1S/C30H28ClN3O4/c1-3-34(18-21-10-8-20(2)9-11-21)29(36)19-38-28-15-13-23(24-6-4-5-7-25(24)28)17-32-33-30(37)22-12-14-27(35)26(31)16-22/h4-17,35H,3,18-19H2,1-2H3,(H,33,37). The van der Waals surface area contributed by atoms with Crippen LogP contribution in [0.2, 0.25) is 5.02 Å². The molecule has 2 N–H and O–H groups in total. The van der Waals surface area contributed by atoms with Crippen molar-refractivity contribution >= 4 is 40.4 Å². The number of benzene rings is 4. The first-order chi connectivity index (χ1) is 18.4. The zero-order chi connectivity index (χ0) is 27.1. The molecule has 38 heavy (non-hydrogen) atoms. The van der Waals surface area contributed by atoms with E-state index in [1.54, 1.807) is 11.0 Å². The van der Waals surface area contributed by atoms with Crippen LogP contribution in [0.5, 0.6) is 11.5 Å². The molecule has 0 saturated carbocycles. The Morgan fingerprint density at radius 3 is 2.47 bits per heavy atom. The minimum absolute atomic E-state index is 0.0810. The summed E-state index contributed by atoms with van der Waals surface area (Å²) in [5.74, 6) is -0.0759. The number of hydrogen-bond acceptors (Lipinski definition) is 5. The van der Waals surface area contributed by atoms with Crippen molar-refractivity contribution in [3.05, 3.63) is 106 Å². The largest absolute Gasteiger partial charge is 0.506 e. The van der Waals surface area contributed by atoms with Crippen LogP contribution in [-0.2, 0) is 11.3 Å². The van der Waals surface area contributed by atoms with Gasteiger partial charge in [-0.3, -0.25) is 9.59 Å². The number of aromatic hydroxyl groups is 1. The van der Waals surface area contributed by atoms with E-state index in [4.69, 9.17) is 16.3 Å². The van der Waals surface area contributed by atoms with Crippen molar-refractivity contribution in [2.45, 2.75) is 20.4 Å². The maximum absolute atomic E-state index is 12.9. The molecular weight excluding hydrogens is 502 g/mol. The Balaban J connectivity index is 1.44. The summed E-state index contributed by atoms with van der Waals surface area (Å²) in [4.78, 5) is 27.0. The van der Waals surface area contributed by atoms with Gasteiger partial charge in [0, 0.05) is 29.6 Å². The van der Waals surface area contributed by atoms with E-state index in [-0.39, 0.29) is 28.8 Å². The maximum Gasteiger partial charge on any atom is 0.271 e. The third kappa shape index (κ3) is 6.49. The lowest BCUT2D eigenvalue weighted by molar-refractivity contribution is -0.133. The summed E-state index contributed by atoms with van der Waals surface area (Å²) in [7, 11) is 0. The molecule has 0 aliphatic heterocycles. The van der Waals surface area contributed by atoms with Crippen LogP contribution in [0.15, 0.2) is 84.0 Å². The van der Waals surface area contributed by atoms with E-state index < -0.39 is 5.91 Å². The van der Waals surface area contributed by atoms with Crippen molar-refractivity contribution in [1.29, 1.82) is 0 Å². The van der Waals surface area contributed by atoms with Gasteiger partial charge in [-0.2, -0.15) is 5.10 Å². The van der Waals surface area contributed by atoms with Gasteiger partial charge >= 0.3 is 0 Å². The van der Waals surface area contributed by atoms with Crippen LogP contribution < -0.4 is 10.2 Å². The number of nitrogens with one attached hydrogen (secondary N) is 1. The van der Waals surface area contributed by atoms with Crippen molar-refractivity contribution in [1.82, 2.24) is 10.3 Å². The molecular formula is C30H28ClN3O4. The number of aryl methyl sites for hydroxylation is 1. The molecule has 4 aromatic carbocycles. The zero-order valence-corrected chi connectivity index (χ0v) is 21.9. The quantitative estimate of drug-likeness (QED) is 0.215. The van der Waals surface area contributed by atoms with Crippen molar-refractivity contribution < 1.29 is 19.4 Å². The van der Waals surface area contributed by atoms with Crippen molar-refractivity contribution in [2.75, 3.05) is 13.2 Å². The lowest BCUT2D eigenvalue weighted by Crippen LogP contribution is -2.34. The number of carbonyl (C=O) groups excluding carboxylic acids is 2. The molecule has 0 fully saturated rings. The molecule has 194 valence electrons. The van der Waals surface area contributed by atoms with Crippen molar-refractivity contribution in [3.8, 4) is 11.5 Å². The molecule has 0 aromatic heterocycles. The molecule has 8 heteroatoms. The summed E-state index contributed by atoms with van der Waals surface area (Å²) in [6.07, 6.45) is 1.54. The fourth-order valence-electron chi connectivity index (χ4n) is 3.93. The Kier molecular flexibility index (Phi) is 8.61. The van der Waals surface area contributed by atoms with Crippen LogP contribution in [0, 0.1) is 6.92 Å². The summed E-state index contributed by atoms with van der Waals surface area (Å²) in [6.45, 7) is 5.00. The highest BCUT2D eigenvalue weighted by Gasteiger charge is 2.15. The summed E-state index contributed by atoms with van der Waals surface area (Å²) in [5.41, 5.74) is 5.74. The SMILES string of the molecule is CCN(Cc1ccc(C)cc1)C(=O)COc1ccc(C=NNC(=O)c2ccc(O)c(Cl)c2)c2ccccc12. The molecule has 4 rings (SSSR count). The number of amides is 2. The minimum atomic E-state index is -0.461. The summed E-state index contributed by atoms with van der Waals surface area (Å²) >= 11 is 5.88. The minimum Gasteiger partial charge on any atom is -0.506 e. The number of phenolic OH excluding ortho intramolecular Hbond substituents is 1. The van der Waals surface area contributed by atoms with Gasteiger partial charge in [0.25, 0.3) is 11.8 Å². The normalized spacial score (nSPS) is 11.0. The third-order valence-corrected chi connectivity index (χ3v) is 6.38. The number of rotatable bonds is 9. The number of hydrazone groups is 1. The molecule has 0 bridgehead atoms. The van der Waals surface area contributed by atoms with Crippen LogP contribution in [0.4, 0.5) is 0 Å². The zero-order valence-electron chi connectivity index (χ0n) is 21.1. The van der Waals surface area contributed by atoms with E-state index in [2.05, 4.69) is 10.5 Å². The second kappa shape index (κ2) is 12.3. The van der Waals surface area contributed by atoms with E-state index in [1.165, 1.54) is 30.0 Å². The average molecular weight is 530 g/mol. The summed E-state index contributed by atoms with van der Waals surface area (Å²) in [6, 6.07) is 23.5. The van der Waals surface area contributed by atoms with Gasteiger partial charge < -0.3 is 14.7 Å². The number of fused-ring (bicyclic) bond motifs is 1. The fourth-order valence-corrected chi connectivity index (χ4v) is 4.11. The Morgan fingerprint density at radius 2 is 1.76 bits per heavy atom. The smallest absolute Gasteiger partial charge is 0.271 e. The van der Waals surface area contributed by atoms with Crippen LogP contribution in [0.1, 0.15) is 34.0 Å². The molecule has 0 spiro atoms. The van der Waals surface area contributed by atoms with Crippen LogP contribution in [0.3, 0.4) is 0 Å². The lowest BCUT2D eigenvalue weighted by atomic mass is 10.0. The number of likely N-dealkylation sites (N-methyl/N-ethyl adjacent to an activating group) is 1. The van der Waals surface area contributed by atoms with Gasteiger partial charge in [0.1, 0.15) is 11.5 Å². The monoisotopic (exact) mass is 529 g/mol. The molecule has 2 amide bonds. The van der Waals surface area contributed by atoms with E-state index in [1.807, 2.05) is 68.4 Å². The van der Waals surface area contributed by atoms with Gasteiger partial charge in [0.05, 0.1) is 11.2 Å². The second-order valence-electron chi connectivity index (χ2n) is 8.75. The van der Waals surface area contributed by atoms with E-state index in [9.17, 15) is 14.7 Å². The van der Waals surface area contributed by atoms with E-state index in [0.717, 1.165) is 21.9 Å². The van der Waals surface area contributed by atoms with Crippen molar-refractivity contribution in [2.24, 2.45) is 5.10 Å². The Morgan fingerprint density at radius 1 is 1.03 bits per heavy atom. The highest BCUT2D eigenvalue weighted by molar-refractivity contribution is 6.32. The Bertz CT molecular complexity index is 1490. The molecule has 7 nitrogen and oxygen atoms in total. The van der Waals surface area contributed by atoms with Gasteiger partial charge in [0.2, 0.25) is 0 Å². The van der Waals surface area contributed by atoms with Crippen molar-refractivity contribution in [3.63, 3.8) is 0 Å². The molecule has 0 aliphatic rings. The molecule has 0 radical (unpaired) electrons. The van der Waals surface area contributed by atoms with Gasteiger partial charge in [-0.1, -0.05) is 65.7 Å². The Hall–Kier alpha value is -4.36. The number of carbonyl (C=O) groups is 2. The first-order valence-electron chi connectivity index (χ1n) is 12.2. The molecule has 0 aliphatic carbocycles. The van der Waals surface area contributed by atoms with Crippen LogP contribution in [-0.4, -0.2) is 41.2 Å². The second-order valence-corrected chi connectivity index (χ2v) is 9.15. The van der Waals surface area contributed by atoms with E-state index in [0.29, 0.717) is 18.8 Å².